The van der Waals surface area contributed by atoms with E-state index in [1.165, 1.54) is 0 Å². The zero-order chi connectivity index (χ0) is 9.42. The molecule has 0 fully saturated rings. The van der Waals surface area contributed by atoms with Crippen LogP contribution in [0.1, 0.15) is 0 Å². The molecule has 0 amide bonds. The van der Waals surface area contributed by atoms with E-state index in [9.17, 15) is 4.79 Å². The quantitative estimate of drug-likeness (QED) is 0.712. The molecule has 0 saturated carbocycles. The molecule has 3 nitrogen and oxygen atoms in total. The highest BCUT2D eigenvalue weighted by atomic mass is 79.9. The zero-order valence-electron chi connectivity index (χ0n) is 6.43. The average molecular weight is 257 g/mol. The van der Waals surface area contributed by atoms with Crippen LogP contribution >= 0.6 is 28.1 Å². The van der Waals surface area contributed by atoms with Crippen LogP contribution in [0.25, 0.3) is 10.9 Å². The van der Waals surface area contributed by atoms with E-state index < -0.39 is 0 Å². The highest BCUT2D eigenvalue weighted by Crippen LogP contribution is 2.14. The van der Waals surface area contributed by atoms with Gasteiger partial charge in [-0.1, -0.05) is 15.9 Å². The van der Waals surface area contributed by atoms with Crippen molar-refractivity contribution in [2.75, 3.05) is 0 Å². The smallest absolute Gasteiger partial charge is 0.259 e. The summed E-state index contributed by atoms with van der Waals surface area (Å²) in [6.45, 7) is 0. The van der Waals surface area contributed by atoms with Crippen molar-refractivity contribution < 1.29 is 0 Å². The fourth-order valence-corrected chi connectivity index (χ4v) is 1.71. The average Bonchev–Trinajstić information content (AvgIpc) is 2.02. The Morgan fingerprint density at radius 2 is 2.08 bits per heavy atom. The second-order valence-electron chi connectivity index (χ2n) is 2.60. The van der Waals surface area contributed by atoms with Gasteiger partial charge in [0.25, 0.3) is 5.56 Å². The van der Waals surface area contributed by atoms with Crippen molar-refractivity contribution in [2.45, 2.75) is 0 Å². The molecule has 0 atom stereocenters. The summed E-state index contributed by atoms with van der Waals surface area (Å²) < 4.78 is 1.26. The second-order valence-corrected chi connectivity index (χ2v) is 3.92. The summed E-state index contributed by atoms with van der Waals surface area (Å²) in [5.74, 6) is 0. The summed E-state index contributed by atoms with van der Waals surface area (Å²) in [6, 6.07) is 5.37. The largest absolute Gasteiger partial charge is 0.332 e. The third-order valence-electron chi connectivity index (χ3n) is 1.70. The number of nitrogens with one attached hydrogen (secondary N) is 2. The number of aromatic nitrogens is 2. The summed E-state index contributed by atoms with van der Waals surface area (Å²) in [5.41, 5.74) is 0.578. The standard InChI is InChI=1S/C8H5BrN2OS/c9-4-1-2-5-6(3-4)10-8(13)11-7(5)12/h1-3H,(H2,10,11,12,13). The summed E-state index contributed by atoms with van der Waals surface area (Å²) >= 11 is 8.16. The molecule has 5 heteroatoms. The van der Waals surface area contributed by atoms with Crippen LogP contribution in [-0.2, 0) is 0 Å². The lowest BCUT2D eigenvalue weighted by molar-refractivity contribution is 1.14. The SMILES string of the molecule is O=c1[nH]c(=S)[nH]c2cc(Br)ccc12. The van der Waals surface area contributed by atoms with Gasteiger partial charge >= 0.3 is 0 Å². The van der Waals surface area contributed by atoms with E-state index in [2.05, 4.69) is 25.9 Å². The molecule has 0 aliphatic carbocycles. The first-order valence-electron chi connectivity index (χ1n) is 3.59. The molecule has 1 aromatic carbocycles. The van der Waals surface area contributed by atoms with E-state index in [0.717, 1.165) is 9.99 Å². The first-order chi connectivity index (χ1) is 6.16. The zero-order valence-corrected chi connectivity index (χ0v) is 8.83. The fraction of sp³-hybridized carbons (Fsp3) is 0. The molecule has 2 N–H and O–H groups in total. The molecule has 2 rings (SSSR count). The van der Waals surface area contributed by atoms with Gasteiger partial charge < -0.3 is 4.98 Å². The van der Waals surface area contributed by atoms with Gasteiger partial charge in [-0.3, -0.25) is 9.78 Å². The van der Waals surface area contributed by atoms with Gasteiger partial charge in [0.15, 0.2) is 4.77 Å². The Kier molecular flexibility index (Phi) is 2.05. The Labute approximate surface area is 86.9 Å². The van der Waals surface area contributed by atoms with Crippen molar-refractivity contribution in [2.24, 2.45) is 0 Å². The first-order valence-corrected chi connectivity index (χ1v) is 4.79. The van der Waals surface area contributed by atoms with Gasteiger partial charge in [0.1, 0.15) is 0 Å². The second kappa shape index (κ2) is 3.08. The van der Waals surface area contributed by atoms with Gasteiger partial charge in [-0.2, -0.15) is 0 Å². The molecule has 1 heterocycles. The lowest BCUT2D eigenvalue weighted by atomic mass is 10.2. The number of aromatic amines is 2. The topological polar surface area (TPSA) is 48.6 Å². The van der Waals surface area contributed by atoms with Crippen molar-refractivity contribution in [3.63, 3.8) is 0 Å². The van der Waals surface area contributed by atoms with Crippen LogP contribution in [0.4, 0.5) is 0 Å². The lowest BCUT2D eigenvalue weighted by Gasteiger charge is -1.96. The van der Waals surface area contributed by atoms with Gasteiger partial charge in [0, 0.05) is 4.47 Å². The number of halogens is 1. The molecule has 2 aromatic rings. The molecule has 0 radical (unpaired) electrons. The van der Waals surface area contributed by atoms with E-state index in [-0.39, 0.29) is 5.56 Å². The minimum absolute atomic E-state index is 0.161. The molecule has 0 aliphatic heterocycles. The molecule has 0 aliphatic rings. The van der Waals surface area contributed by atoms with Gasteiger partial charge in [-0.25, -0.2) is 0 Å². The van der Waals surface area contributed by atoms with E-state index in [1.54, 1.807) is 6.07 Å². The van der Waals surface area contributed by atoms with E-state index >= 15 is 0 Å². The van der Waals surface area contributed by atoms with Crippen LogP contribution in [-0.4, -0.2) is 9.97 Å². The first kappa shape index (κ1) is 8.65. The maximum absolute atomic E-state index is 11.4. The molecule has 0 unspecified atom stereocenters. The van der Waals surface area contributed by atoms with Crippen molar-refractivity contribution in [1.29, 1.82) is 0 Å². The number of hydrogen-bond donors (Lipinski definition) is 2. The normalized spacial score (nSPS) is 10.5. The fourth-order valence-electron chi connectivity index (χ4n) is 1.14. The van der Waals surface area contributed by atoms with Gasteiger partial charge in [-0.05, 0) is 30.4 Å². The molecule has 0 saturated heterocycles. The summed E-state index contributed by atoms with van der Waals surface area (Å²) in [4.78, 5) is 16.8. The van der Waals surface area contributed by atoms with Crippen LogP contribution in [0.2, 0.25) is 0 Å². The van der Waals surface area contributed by atoms with Crippen LogP contribution < -0.4 is 5.56 Å². The van der Waals surface area contributed by atoms with Crippen LogP contribution in [0.15, 0.2) is 27.5 Å². The number of fused-ring (bicyclic) bond motifs is 1. The Hall–Kier alpha value is -0.940. The maximum atomic E-state index is 11.4. The lowest BCUT2D eigenvalue weighted by Crippen LogP contribution is -2.07. The van der Waals surface area contributed by atoms with Gasteiger partial charge in [0.2, 0.25) is 0 Å². The van der Waals surface area contributed by atoms with Crippen molar-refractivity contribution in [3.8, 4) is 0 Å². The number of rotatable bonds is 0. The molecule has 66 valence electrons. The highest BCUT2D eigenvalue weighted by molar-refractivity contribution is 9.10. The van der Waals surface area contributed by atoms with E-state index in [4.69, 9.17) is 12.2 Å². The number of H-pyrrole nitrogens is 2. The van der Waals surface area contributed by atoms with Crippen LogP contribution in [0, 0.1) is 4.77 Å². The third-order valence-corrected chi connectivity index (χ3v) is 2.40. The maximum Gasteiger partial charge on any atom is 0.259 e. The summed E-state index contributed by atoms with van der Waals surface area (Å²) in [6.07, 6.45) is 0. The van der Waals surface area contributed by atoms with Crippen molar-refractivity contribution in [1.82, 2.24) is 9.97 Å². The Balaban J connectivity index is 3.03. The van der Waals surface area contributed by atoms with Crippen LogP contribution in [0.5, 0.6) is 0 Å². The monoisotopic (exact) mass is 256 g/mol. The molecular weight excluding hydrogens is 252 g/mol. The Bertz CT molecular complexity index is 572. The highest BCUT2D eigenvalue weighted by Gasteiger charge is 1.98. The van der Waals surface area contributed by atoms with E-state index in [0.29, 0.717) is 10.2 Å². The molecular formula is C8H5BrN2OS. The Morgan fingerprint density at radius 3 is 2.85 bits per heavy atom. The Morgan fingerprint density at radius 1 is 1.31 bits per heavy atom. The van der Waals surface area contributed by atoms with Crippen molar-refractivity contribution >= 4 is 39.1 Å². The molecule has 0 bridgehead atoms. The minimum atomic E-state index is -0.161. The number of hydrogen-bond acceptors (Lipinski definition) is 2. The van der Waals surface area contributed by atoms with Crippen LogP contribution in [0.3, 0.4) is 0 Å². The molecule has 13 heavy (non-hydrogen) atoms. The molecule has 1 aromatic heterocycles. The van der Waals surface area contributed by atoms with Gasteiger partial charge in [0.05, 0.1) is 10.9 Å². The third kappa shape index (κ3) is 1.57. The van der Waals surface area contributed by atoms with Crippen molar-refractivity contribution in [3.05, 3.63) is 37.8 Å². The summed E-state index contributed by atoms with van der Waals surface area (Å²) in [5, 5.41) is 0.608. The summed E-state index contributed by atoms with van der Waals surface area (Å²) in [7, 11) is 0. The number of benzene rings is 1. The predicted octanol–water partition coefficient (Wildman–Crippen LogP) is 2.35. The van der Waals surface area contributed by atoms with E-state index in [1.807, 2.05) is 12.1 Å². The minimum Gasteiger partial charge on any atom is -0.332 e. The molecule has 0 spiro atoms. The predicted molar refractivity (Wildman–Crippen MR) is 57.5 cm³/mol. The van der Waals surface area contributed by atoms with Gasteiger partial charge in [-0.15, -0.1) is 0 Å².